The van der Waals surface area contributed by atoms with Gasteiger partial charge in [0.1, 0.15) is 5.76 Å². The van der Waals surface area contributed by atoms with Gasteiger partial charge >= 0.3 is 11.6 Å². The summed E-state index contributed by atoms with van der Waals surface area (Å²) in [5.41, 5.74) is 1.97. The number of aliphatic carboxylic acids is 1. The van der Waals surface area contributed by atoms with Gasteiger partial charge in [-0.25, -0.2) is 4.79 Å². The van der Waals surface area contributed by atoms with Crippen LogP contribution in [0, 0.1) is 0 Å². The monoisotopic (exact) mass is 436 g/mol. The first-order chi connectivity index (χ1) is 14.5. The van der Waals surface area contributed by atoms with Crippen LogP contribution >= 0.6 is 23.2 Å². The van der Waals surface area contributed by atoms with Crippen molar-refractivity contribution in [2.24, 2.45) is 0 Å². The van der Waals surface area contributed by atoms with E-state index < -0.39 is 23.4 Å². The zero-order chi connectivity index (χ0) is 21.0. The average molecular weight is 437 g/mol. The number of hydrogen-bond donors (Lipinski definition) is 1. The Bertz CT molecular complexity index is 1390. The quantitative estimate of drug-likeness (QED) is 0.413. The fourth-order valence-corrected chi connectivity index (χ4v) is 4.94. The Kier molecular flexibility index (Phi) is 4.42. The predicted octanol–water partition coefficient (Wildman–Crippen LogP) is 6.08. The lowest BCUT2D eigenvalue weighted by Crippen LogP contribution is -2.27. The molecule has 30 heavy (non-hydrogen) atoms. The van der Waals surface area contributed by atoms with Crippen molar-refractivity contribution in [1.82, 2.24) is 0 Å². The van der Waals surface area contributed by atoms with E-state index in [1.54, 1.807) is 54.6 Å². The zero-order valence-electron chi connectivity index (χ0n) is 15.4. The Morgan fingerprint density at radius 2 is 1.60 bits per heavy atom. The molecule has 0 radical (unpaired) electrons. The molecular weight excluding hydrogens is 423 g/mol. The van der Waals surface area contributed by atoms with E-state index in [0.717, 1.165) is 0 Å². The Morgan fingerprint density at radius 1 is 0.900 bits per heavy atom. The third-order valence-corrected chi connectivity index (χ3v) is 6.19. The molecule has 0 spiro atoms. The number of carboxylic acids is 1. The van der Waals surface area contributed by atoms with Gasteiger partial charge in [0.05, 0.1) is 11.3 Å². The van der Waals surface area contributed by atoms with Crippen molar-refractivity contribution in [3.05, 3.63) is 104 Å². The molecule has 0 saturated heterocycles. The molecule has 1 aliphatic carbocycles. The lowest BCUT2D eigenvalue weighted by molar-refractivity contribution is -0.139. The van der Waals surface area contributed by atoms with Crippen LogP contribution in [0.4, 0.5) is 0 Å². The summed E-state index contributed by atoms with van der Waals surface area (Å²) in [5, 5.41) is 12.1. The maximum atomic E-state index is 12.7. The van der Waals surface area contributed by atoms with E-state index in [9.17, 15) is 14.7 Å². The molecule has 1 N–H and O–H groups in total. The van der Waals surface area contributed by atoms with Crippen LogP contribution in [0.3, 0.4) is 0 Å². The molecule has 2 atom stereocenters. The molecule has 0 saturated carbocycles. The van der Waals surface area contributed by atoms with E-state index in [0.29, 0.717) is 48.8 Å². The summed E-state index contributed by atoms with van der Waals surface area (Å²) in [6, 6.07) is 19.2. The molecule has 3 aromatic carbocycles. The Hall–Kier alpha value is -3.08. The first kappa shape index (κ1) is 18.9. The minimum atomic E-state index is -0.987. The lowest BCUT2D eigenvalue weighted by atomic mass is 9.69. The largest absolute Gasteiger partial charge is 0.481 e. The van der Waals surface area contributed by atoms with Crippen LogP contribution in [0.5, 0.6) is 0 Å². The standard InChI is InChI=1S/C24H14Cl2O4/c25-12-9-10-17(18(26)11-12)19-20-14-6-2-4-8-16(14)24(29)30-22(20)15-7-3-1-5-13(15)21(19)23(27)28/h1-11,19,21H,(H,27,28)/t19-,21-/m1/s1. The van der Waals surface area contributed by atoms with E-state index in [1.807, 2.05) is 12.1 Å². The molecule has 6 heteroatoms. The van der Waals surface area contributed by atoms with Gasteiger partial charge in [-0.1, -0.05) is 71.7 Å². The maximum Gasteiger partial charge on any atom is 0.344 e. The smallest absolute Gasteiger partial charge is 0.344 e. The van der Waals surface area contributed by atoms with Gasteiger partial charge in [0.2, 0.25) is 0 Å². The molecule has 4 nitrogen and oxygen atoms in total. The Morgan fingerprint density at radius 3 is 2.33 bits per heavy atom. The summed E-state index contributed by atoms with van der Waals surface area (Å²) >= 11 is 12.6. The lowest BCUT2D eigenvalue weighted by Gasteiger charge is -2.33. The molecule has 5 rings (SSSR count). The second-order valence-electron chi connectivity index (χ2n) is 7.22. The molecule has 0 bridgehead atoms. The minimum Gasteiger partial charge on any atom is -0.481 e. The summed E-state index contributed by atoms with van der Waals surface area (Å²) in [7, 11) is 0. The maximum absolute atomic E-state index is 12.7. The fourth-order valence-electron chi connectivity index (χ4n) is 4.42. The molecule has 148 valence electrons. The van der Waals surface area contributed by atoms with Gasteiger partial charge in [-0.15, -0.1) is 0 Å². The normalized spacial score (nSPS) is 17.4. The van der Waals surface area contributed by atoms with Gasteiger partial charge in [-0.3, -0.25) is 4.79 Å². The van der Waals surface area contributed by atoms with E-state index >= 15 is 0 Å². The Labute approximate surface area is 181 Å². The average Bonchev–Trinajstić information content (AvgIpc) is 2.73. The van der Waals surface area contributed by atoms with E-state index in [1.165, 1.54) is 0 Å². The van der Waals surface area contributed by atoms with Crippen LogP contribution in [0.25, 0.3) is 22.1 Å². The van der Waals surface area contributed by atoms with Crippen molar-refractivity contribution < 1.29 is 14.3 Å². The van der Waals surface area contributed by atoms with Crippen LogP contribution in [0.2, 0.25) is 10.0 Å². The van der Waals surface area contributed by atoms with Crippen LogP contribution in [0.1, 0.15) is 28.5 Å². The first-order valence-corrected chi connectivity index (χ1v) is 10.1. The van der Waals surface area contributed by atoms with Gasteiger partial charge < -0.3 is 9.52 Å². The molecule has 1 aliphatic rings. The topological polar surface area (TPSA) is 67.5 Å². The highest BCUT2D eigenvalue weighted by Crippen LogP contribution is 2.52. The van der Waals surface area contributed by atoms with Gasteiger partial charge in [-0.2, -0.15) is 0 Å². The van der Waals surface area contributed by atoms with E-state index in [4.69, 9.17) is 27.6 Å². The number of halogens is 2. The van der Waals surface area contributed by atoms with Gasteiger partial charge in [0.15, 0.2) is 0 Å². The first-order valence-electron chi connectivity index (χ1n) is 9.30. The number of carboxylic acid groups (broad SMARTS) is 1. The van der Waals surface area contributed by atoms with Crippen molar-refractivity contribution in [3.63, 3.8) is 0 Å². The second-order valence-corrected chi connectivity index (χ2v) is 8.07. The van der Waals surface area contributed by atoms with Crippen molar-refractivity contribution in [3.8, 4) is 11.3 Å². The van der Waals surface area contributed by atoms with Crippen molar-refractivity contribution in [2.45, 2.75) is 11.8 Å². The van der Waals surface area contributed by atoms with Crippen LogP contribution in [-0.2, 0) is 4.79 Å². The minimum absolute atomic E-state index is 0.361. The molecule has 0 aliphatic heterocycles. The third kappa shape index (κ3) is 2.76. The van der Waals surface area contributed by atoms with Crippen molar-refractivity contribution in [1.29, 1.82) is 0 Å². The summed E-state index contributed by atoms with van der Waals surface area (Å²) in [5.74, 6) is -2.18. The summed E-state index contributed by atoms with van der Waals surface area (Å²) in [6.07, 6.45) is 0. The number of fused-ring (bicyclic) bond motifs is 5. The van der Waals surface area contributed by atoms with Gasteiger partial charge in [0.25, 0.3) is 0 Å². The number of hydrogen-bond acceptors (Lipinski definition) is 3. The van der Waals surface area contributed by atoms with E-state index in [-0.39, 0.29) is 0 Å². The zero-order valence-corrected chi connectivity index (χ0v) is 16.9. The number of benzene rings is 3. The molecule has 1 aromatic heterocycles. The number of carbonyl (C=O) groups is 1. The van der Waals surface area contributed by atoms with Crippen LogP contribution < -0.4 is 5.63 Å². The van der Waals surface area contributed by atoms with Gasteiger partial charge in [-0.05, 0) is 34.7 Å². The van der Waals surface area contributed by atoms with Crippen molar-refractivity contribution >= 4 is 39.9 Å². The third-order valence-electron chi connectivity index (χ3n) is 5.62. The molecule has 0 fully saturated rings. The van der Waals surface area contributed by atoms with Crippen molar-refractivity contribution in [2.75, 3.05) is 0 Å². The molecule has 0 amide bonds. The SMILES string of the molecule is O=C(O)[C@@H]1c2ccccc2-c2oc(=O)c3ccccc3c2[C@H]1c1ccc(Cl)cc1Cl. The Balaban J connectivity index is 1.97. The van der Waals surface area contributed by atoms with Crippen LogP contribution in [0.15, 0.2) is 75.9 Å². The molecule has 0 unspecified atom stereocenters. The van der Waals surface area contributed by atoms with E-state index in [2.05, 4.69) is 0 Å². The van der Waals surface area contributed by atoms with Crippen LogP contribution in [-0.4, -0.2) is 11.1 Å². The molecule has 4 aromatic rings. The highest BCUT2D eigenvalue weighted by molar-refractivity contribution is 6.35. The summed E-state index contributed by atoms with van der Waals surface area (Å²) in [6.45, 7) is 0. The second kappa shape index (κ2) is 7.01. The highest BCUT2D eigenvalue weighted by atomic mass is 35.5. The predicted molar refractivity (Wildman–Crippen MR) is 117 cm³/mol. The fraction of sp³-hybridized carbons (Fsp3) is 0.0833. The van der Waals surface area contributed by atoms with Gasteiger partial charge in [0, 0.05) is 27.1 Å². The summed E-state index contributed by atoms with van der Waals surface area (Å²) < 4.78 is 5.77. The summed E-state index contributed by atoms with van der Waals surface area (Å²) in [4.78, 5) is 25.2. The number of rotatable bonds is 2. The highest BCUT2D eigenvalue weighted by Gasteiger charge is 2.42. The molecule has 1 heterocycles. The molecular formula is C24H14Cl2O4.